The maximum Gasteiger partial charge on any atom is 0.272 e. The van der Waals surface area contributed by atoms with Crippen LogP contribution in [0.15, 0.2) is 53.7 Å². The molecule has 1 aromatic carbocycles. The number of rotatable bonds is 2. The number of carbonyl (C=O) groups is 1. The van der Waals surface area contributed by atoms with Gasteiger partial charge in [0.25, 0.3) is 5.91 Å². The first kappa shape index (κ1) is 13.2. The molecular weight excluding hydrogens is 278 g/mol. The number of nitrogens with zero attached hydrogens (tertiary/aromatic N) is 2. The molecule has 0 aliphatic carbocycles. The van der Waals surface area contributed by atoms with Gasteiger partial charge in [-0.2, -0.15) is 0 Å². The molecule has 1 N–H and O–H groups in total. The second-order valence-electron chi connectivity index (χ2n) is 5.54. The van der Waals surface area contributed by atoms with Crippen molar-refractivity contribution in [2.75, 3.05) is 13.2 Å². The molecule has 110 valence electrons. The fourth-order valence-corrected chi connectivity index (χ4v) is 2.83. The highest BCUT2D eigenvalue weighted by Gasteiger charge is 2.42. The van der Waals surface area contributed by atoms with Crippen molar-refractivity contribution in [3.63, 3.8) is 0 Å². The van der Waals surface area contributed by atoms with E-state index in [1.165, 1.54) is 0 Å². The Morgan fingerprint density at radius 1 is 1.09 bits per heavy atom. The SMILES string of the molecule is O=C1NC2(CCOC2)N=C1c1ccc(-c2ccccn2)cc1. The first-order valence-electron chi connectivity index (χ1n) is 7.28. The van der Waals surface area contributed by atoms with Gasteiger partial charge in [-0.15, -0.1) is 0 Å². The summed E-state index contributed by atoms with van der Waals surface area (Å²) < 4.78 is 5.36. The van der Waals surface area contributed by atoms with Crippen LogP contribution in [0.1, 0.15) is 12.0 Å². The number of ether oxygens (including phenoxy) is 1. The van der Waals surface area contributed by atoms with Crippen LogP contribution in [-0.2, 0) is 9.53 Å². The Kier molecular flexibility index (Phi) is 3.01. The van der Waals surface area contributed by atoms with E-state index in [1.807, 2.05) is 42.5 Å². The van der Waals surface area contributed by atoms with Crippen molar-refractivity contribution in [3.05, 3.63) is 54.2 Å². The summed E-state index contributed by atoms with van der Waals surface area (Å²) >= 11 is 0. The third kappa shape index (κ3) is 2.19. The molecule has 1 atom stereocenters. The maximum absolute atomic E-state index is 12.2. The van der Waals surface area contributed by atoms with E-state index < -0.39 is 5.66 Å². The Morgan fingerprint density at radius 2 is 1.91 bits per heavy atom. The maximum atomic E-state index is 12.2. The van der Waals surface area contributed by atoms with Crippen LogP contribution in [0.3, 0.4) is 0 Å². The molecule has 5 heteroatoms. The number of benzene rings is 1. The number of pyridine rings is 1. The molecule has 1 unspecified atom stereocenters. The van der Waals surface area contributed by atoms with Crippen molar-refractivity contribution in [2.45, 2.75) is 12.1 Å². The molecule has 2 aliphatic rings. The van der Waals surface area contributed by atoms with Crippen LogP contribution < -0.4 is 5.32 Å². The molecular formula is C17H15N3O2. The standard InChI is InChI=1S/C17H15N3O2/c21-16-15(19-17(20-16)8-10-22-11-17)13-6-4-12(5-7-13)14-3-1-2-9-18-14/h1-7,9H,8,10-11H2,(H,20,21). The van der Waals surface area contributed by atoms with Gasteiger partial charge in [-0.1, -0.05) is 30.3 Å². The molecule has 0 radical (unpaired) electrons. The monoisotopic (exact) mass is 293 g/mol. The van der Waals surface area contributed by atoms with E-state index in [2.05, 4.69) is 15.3 Å². The van der Waals surface area contributed by atoms with Gasteiger partial charge < -0.3 is 10.1 Å². The fourth-order valence-electron chi connectivity index (χ4n) is 2.83. The highest BCUT2D eigenvalue weighted by molar-refractivity contribution is 6.46. The van der Waals surface area contributed by atoms with E-state index in [9.17, 15) is 4.79 Å². The Balaban J connectivity index is 1.65. The van der Waals surface area contributed by atoms with Gasteiger partial charge in [0.1, 0.15) is 5.71 Å². The quantitative estimate of drug-likeness (QED) is 0.918. The van der Waals surface area contributed by atoms with Gasteiger partial charge in [0.15, 0.2) is 5.66 Å². The highest BCUT2D eigenvalue weighted by atomic mass is 16.5. The Hall–Kier alpha value is -2.53. The zero-order valence-corrected chi connectivity index (χ0v) is 12.0. The lowest BCUT2D eigenvalue weighted by Gasteiger charge is -2.16. The van der Waals surface area contributed by atoms with Crippen molar-refractivity contribution in [3.8, 4) is 11.3 Å². The summed E-state index contributed by atoms with van der Waals surface area (Å²) in [5, 5.41) is 2.94. The minimum absolute atomic E-state index is 0.129. The van der Waals surface area contributed by atoms with Crippen LogP contribution in [0.25, 0.3) is 11.3 Å². The van der Waals surface area contributed by atoms with E-state index in [0.29, 0.717) is 18.9 Å². The largest absolute Gasteiger partial charge is 0.377 e. The molecule has 2 aliphatic heterocycles. The zero-order valence-electron chi connectivity index (χ0n) is 12.0. The number of amides is 1. The summed E-state index contributed by atoms with van der Waals surface area (Å²) in [6, 6.07) is 13.6. The molecule has 2 aromatic rings. The van der Waals surface area contributed by atoms with E-state index in [1.54, 1.807) is 6.20 Å². The molecule has 5 nitrogen and oxygen atoms in total. The fraction of sp³-hybridized carbons (Fsp3) is 0.235. The summed E-state index contributed by atoms with van der Waals surface area (Å²) in [5.74, 6) is -0.129. The lowest BCUT2D eigenvalue weighted by molar-refractivity contribution is -0.115. The van der Waals surface area contributed by atoms with Crippen LogP contribution in [0.4, 0.5) is 0 Å². The van der Waals surface area contributed by atoms with Crippen LogP contribution in [-0.4, -0.2) is 35.5 Å². The van der Waals surface area contributed by atoms with Gasteiger partial charge in [0, 0.05) is 23.7 Å². The van der Waals surface area contributed by atoms with E-state index in [0.717, 1.165) is 23.2 Å². The second-order valence-corrected chi connectivity index (χ2v) is 5.54. The van der Waals surface area contributed by atoms with Gasteiger partial charge in [0.2, 0.25) is 0 Å². The van der Waals surface area contributed by atoms with Gasteiger partial charge in [-0.3, -0.25) is 9.78 Å². The predicted molar refractivity (Wildman–Crippen MR) is 82.5 cm³/mol. The molecule has 1 aromatic heterocycles. The third-order valence-corrected chi connectivity index (χ3v) is 4.01. The lowest BCUT2D eigenvalue weighted by atomic mass is 10.1. The summed E-state index contributed by atoms with van der Waals surface area (Å²) in [5.41, 5.74) is 2.68. The smallest absolute Gasteiger partial charge is 0.272 e. The highest BCUT2D eigenvalue weighted by Crippen LogP contribution is 2.26. The Bertz CT molecular complexity index is 732. The zero-order chi connectivity index (χ0) is 15.0. The summed E-state index contributed by atoms with van der Waals surface area (Å²) in [7, 11) is 0. The average molecular weight is 293 g/mol. The minimum atomic E-state index is -0.550. The van der Waals surface area contributed by atoms with Gasteiger partial charge in [0.05, 0.1) is 18.9 Å². The van der Waals surface area contributed by atoms with Gasteiger partial charge in [-0.05, 0) is 12.1 Å². The molecule has 1 saturated heterocycles. The van der Waals surface area contributed by atoms with Crippen LogP contribution in [0, 0.1) is 0 Å². The molecule has 3 heterocycles. The number of hydrogen-bond acceptors (Lipinski definition) is 4. The molecule has 0 saturated carbocycles. The first-order valence-corrected chi connectivity index (χ1v) is 7.28. The second kappa shape index (κ2) is 5.03. The number of aliphatic imine (C=N–C) groups is 1. The average Bonchev–Trinajstić information content (AvgIpc) is 3.15. The first-order chi connectivity index (χ1) is 10.8. The Morgan fingerprint density at radius 3 is 2.59 bits per heavy atom. The predicted octanol–water partition coefficient (Wildman–Crippen LogP) is 1.78. The van der Waals surface area contributed by atoms with Crippen molar-refractivity contribution in [2.24, 2.45) is 4.99 Å². The molecule has 1 amide bonds. The van der Waals surface area contributed by atoms with Crippen molar-refractivity contribution < 1.29 is 9.53 Å². The normalized spacial score (nSPS) is 23.6. The third-order valence-electron chi connectivity index (χ3n) is 4.01. The molecule has 1 fully saturated rings. The number of nitrogens with one attached hydrogen (secondary N) is 1. The van der Waals surface area contributed by atoms with Gasteiger partial charge in [-0.25, -0.2) is 4.99 Å². The van der Waals surface area contributed by atoms with Crippen LogP contribution >= 0.6 is 0 Å². The number of hydrogen-bond donors (Lipinski definition) is 1. The summed E-state index contributed by atoms with van der Waals surface area (Å²) in [6.07, 6.45) is 2.50. The number of carbonyl (C=O) groups excluding carboxylic acids is 1. The van der Waals surface area contributed by atoms with Crippen LogP contribution in [0.5, 0.6) is 0 Å². The van der Waals surface area contributed by atoms with E-state index >= 15 is 0 Å². The van der Waals surface area contributed by atoms with Crippen molar-refractivity contribution >= 4 is 11.6 Å². The Labute approximate surface area is 128 Å². The summed E-state index contributed by atoms with van der Waals surface area (Å²) in [6.45, 7) is 1.09. The van der Waals surface area contributed by atoms with Crippen molar-refractivity contribution in [1.29, 1.82) is 0 Å². The molecule has 22 heavy (non-hydrogen) atoms. The molecule has 1 spiro atoms. The topological polar surface area (TPSA) is 63.6 Å². The molecule has 0 bridgehead atoms. The molecule has 4 rings (SSSR count). The lowest BCUT2D eigenvalue weighted by Crippen LogP contribution is -2.42. The number of aromatic nitrogens is 1. The van der Waals surface area contributed by atoms with Gasteiger partial charge >= 0.3 is 0 Å². The minimum Gasteiger partial charge on any atom is -0.377 e. The van der Waals surface area contributed by atoms with Crippen LogP contribution in [0.2, 0.25) is 0 Å². The van der Waals surface area contributed by atoms with Crippen molar-refractivity contribution in [1.82, 2.24) is 10.3 Å². The summed E-state index contributed by atoms with van der Waals surface area (Å²) in [4.78, 5) is 21.1. The van der Waals surface area contributed by atoms with E-state index in [-0.39, 0.29) is 5.91 Å². The van der Waals surface area contributed by atoms with E-state index in [4.69, 9.17) is 4.74 Å².